The first-order valence-corrected chi connectivity index (χ1v) is 9.81. The number of aliphatic hydroxyl groups excluding tert-OH is 1. The number of rotatable bonds is 7. The number of nitrogens with zero attached hydrogens (tertiary/aromatic N) is 2. The summed E-state index contributed by atoms with van der Waals surface area (Å²) >= 11 is 0. The number of carbonyl (C=O) groups is 2. The van der Waals surface area contributed by atoms with Crippen LogP contribution in [0.1, 0.15) is 36.0 Å². The van der Waals surface area contributed by atoms with Crippen molar-refractivity contribution < 1.29 is 24.2 Å². The number of amides is 2. The third-order valence-corrected chi connectivity index (χ3v) is 5.60. The molecule has 0 aliphatic carbocycles. The van der Waals surface area contributed by atoms with Crippen LogP contribution < -0.4 is 15.2 Å². The lowest BCUT2D eigenvalue weighted by Gasteiger charge is -2.38. The van der Waals surface area contributed by atoms with Crippen molar-refractivity contribution in [2.24, 2.45) is 5.73 Å². The molecule has 8 heteroatoms. The quantitative estimate of drug-likeness (QED) is 0.706. The van der Waals surface area contributed by atoms with Crippen molar-refractivity contribution in [3.05, 3.63) is 23.8 Å². The molecule has 2 fully saturated rings. The van der Waals surface area contributed by atoms with E-state index in [1.165, 1.54) is 7.11 Å². The molecule has 0 saturated carbocycles. The molecule has 1 atom stereocenters. The topological polar surface area (TPSA) is 105 Å². The van der Waals surface area contributed by atoms with Gasteiger partial charge in [0, 0.05) is 24.7 Å². The third kappa shape index (κ3) is 4.39. The summed E-state index contributed by atoms with van der Waals surface area (Å²) in [4.78, 5) is 28.6. The lowest BCUT2D eigenvalue weighted by molar-refractivity contribution is -0.123. The van der Waals surface area contributed by atoms with E-state index in [4.69, 9.17) is 20.3 Å². The van der Waals surface area contributed by atoms with Crippen molar-refractivity contribution in [2.45, 2.75) is 37.8 Å². The van der Waals surface area contributed by atoms with Crippen LogP contribution in [0.15, 0.2) is 18.2 Å². The van der Waals surface area contributed by atoms with Crippen LogP contribution in [0, 0.1) is 0 Å². The molecular weight excluding hydrogens is 362 g/mol. The lowest BCUT2D eigenvalue weighted by Crippen LogP contribution is -2.51. The molecule has 28 heavy (non-hydrogen) atoms. The average Bonchev–Trinajstić information content (AvgIpc) is 3.22. The number of carbonyl (C=O) groups excluding carboxylic acids is 2. The predicted octanol–water partition coefficient (Wildman–Crippen LogP) is 0.621. The van der Waals surface area contributed by atoms with Gasteiger partial charge in [0.05, 0.1) is 19.8 Å². The van der Waals surface area contributed by atoms with Crippen LogP contribution in [-0.4, -0.2) is 78.8 Å². The molecule has 8 nitrogen and oxygen atoms in total. The maximum absolute atomic E-state index is 12.9. The minimum atomic E-state index is -0.246. The highest BCUT2D eigenvalue weighted by molar-refractivity contribution is 5.95. The van der Waals surface area contributed by atoms with Gasteiger partial charge in [0.25, 0.3) is 5.91 Å². The van der Waals surface area contributed by atoms with Gasteiger partial charge in [0.15, 0.2) is 11.5 Å². The molecule has 154 valence electrons. The molecule has 2 saturated heterocycles. The van der Waals surface area contributed by atoms with Gasteiger partial charge in [0.1, 0.15) is 6.61 Å². The zero-order chi connectivity index (χ0) is 20.1. The summed E-state index contributed by atoms with van der Waals surface area (Å²) < 4.78 is 10.7. The average molecular weight is 391 g/mol. The van der Waals surface area contributed by atoms with Gasteiger partial charge in [-0.2, -0.15) is 0 Å². The predicted molar refractivity (Wildman–Crippen MR) is 103 cm³/mol. The van der Waals surface area contributed by atoms with Crippen molar-refractivity contribution >= 4 is 11.8 Å². The largest absolute Gasteiger partial charge is 0.493 e. The molecule has 3 rings (SSSR count). The minimum absolute atomic E-state index is 0.0529. The molecule has 2 amide bonds. The van der Waals surface area contributed by atoms with Crippen LogP contribution in [0.3, 0.4) is 0 Å². The van der Waals surface area contributed by atoms with E-state index in [0.29, 0.717) is 36.2 Å². The smallest absolute Gasteiger partial charge is 0.253 e. The summed E-state index contributed by atoms with van der Waals surface area (Å²) in [7, 11) is 1.53. The number of aliphatic hydroxyl groups is 1. The Labute approximate surface area is 165 Å². The molecule has 0 bridgehead atoms. The molecule has 2 aliphatic heterocycles. The highest BCUT2D eigenvalue weighted by Gasteiger charge is 2.36. The fraction of sp³-hybridized carbons (Fsp3) is 0.600. The van der Waals surface area contributed by atoms with Crippen LogP contribution in [0.4, 0.5) is 0 Å². The number of methoxy groups -OCH3 is 1. The van der Waals surface area contributed by atoms with Crippen LogP contribution in [0.5, 0.6) is 11.5 Å². The maximum Gasteiger partial charge on any atom is 0.253 e. The van der Waals surface area contributed by atoms with E-state index in [2.05, 4.69) is 4.90 Å². The Hall–Kier alpha value is -2.32. The van der Waals surface area contributed by atoms with Crippen LogP contribution in [0.2, 0.25) is 0 Å². The summed E-state index contributed by atoms with van der Waals surface area (Å²) in [6.45, 7) is 2.21. The number of primary amides is 1. The van der Waals surface area contributed by atoms with Crippen molar-refractivity contribution in [1.82, 2.24) is 9.80 Å². The lowest BCUT2D eigenvalue weighted by atomic mass is 10.0. The fourth-order valence-electron chi connectivity index (χ4n) is 4.19. The first-order valence-electron chi connectivity index (χ1n) is 9.81. The minimum Gasteiger partial charge on any atom is -0.493 e. The first kappa shape index (κ1) is 20.4. The van der Waals surface area contributed by atoms with Crippen molar-refractivity contribution in [1.29, 1.82) is 0 Å². The van der Waals surface area contributed by atoms with Gasteiger partial charge in [-0.05, 0) is 50.4 Å². The second-order valence-corrected chi connectivity index (χ2v) is 7.26. The number of hydrogen-bond donors (Lipinski definition) is 2. The molecule has 1 aromatic carbocycles. The molecule has 2 heterocycles. The SMILES string of the molecule is COc1ccc(C(=O)N2CCC(N3CCCC3C(N)=O)CC2)cc1OCCO. The molecular formula is C20H29N3O5. The fourth-order valence-corrected chi connectivity index (χ4v) is 4.19. The first-order chi connectivity index (χ1) is 13.5. The summed E-state index contributed by atoms with van der Waals surface area (Å²) in [5, 5.41) is 8.97. The van der Waals surface area contributed by atoms with Gasteiger partial charge in [0.2, 0.25) is 5.91 Å². The Balaban J connectivity index is 1.63. The Kier molecular flexibility index (Phi) is 6.74. The molecule has 0 aromatic heterocycles. The van der Waals surface area contributed by atoms with E-state index in [-0.39, 0.29) is 31.1 Å². The Morgan fingerprint density at radius 1 is 1.18 bits per heavy atom. The zero-order valence-electron chi connectivity index (χ0n) is 16.3. The van der Waals surface area contributed by atoms with Gasteiger partial charge >= 0.3 is 0 Å². The normalized spacial score (nSPS) is 20.9. The van der Waals surface area contributed by atoms with Crippen LogP contribution >= 0.6 is 0 Å². The van der Waals surface area contributed by atoms with Crippen molar-refractivity contribution in [3.8, 4) is 11.5 Å². The van der Waals surface area contributed by atoms with Crippen LogP contribution in [-0.2, 0) is 4.79 Å². The van der Waals surface area contributed by atoms with Crippen molar-refractivity contribution in [2.75, 3.05) is 40.0 Å². The van der Waals surface area contributed by atoms with E-state index < -0.39 is 0 Å². The molecule has 0 radical (unpaired) electrons. The summed E-state index contributed by atoms with van der Waals surface area (Å²) in [5.41, 5.74) is 6.07. The maximum atomic E-state index is 12.9. The van der Waals surface area contributed by atoms with Crippen molar-refractivity contribution in [3.63, 3.8) is 0 Å². The van der Waals surface area contributed by atoms with E-state index in [1.807, 2.05) is 4.90 Å². The molecule has 2 aliphatic rings. The number of hydrogen-bond acceptors (Lipinski definition) is 6. The highest BCUT2D eigenvalue weighted by Crippen LogP contribution is 2.30. The Morgan fingerprint density at radius 3 is 2.57 bits per heavy atom. The van der Waals surface area contributed by atoms with Gasteiger partial charge in [-0.25, -0.2) is 0 Å². The second-order valence-electron chi connectivity index (χ2n) is 7.26. The van der Waals surface area contributed by atoms with Gasteiger partial charge in [-0.15, -0.1) is 0 Å². The molecule has 0 spiro atoms. The van der Waals surface area contributed by atoms with E-state index in [1.54, 1.807) is 18.2 Å². The van der Waals surface area contributed by atoms with E-state index in [0.717, 1.165) is 32.2 Å². The number of ether oxygens (including phenoxy) is 2. The number of piperidine rings is 1. The van der Waals surface area contributed by atoms with Gasteiger partial charge < -0.3 is 25.2 Å². The summed E-state index contributed by atoms with van der Waals surface area (Å²) in [5.74, 6) is 0.668. The number of benzene rings is 1. The van der Waals surface area contributed by atoms with E-state index in [9.17, 15) is 9.59 Å². The molecule has 3 N–H and O–H groups in total. The summed E-state index contributed by atoms with van der Waals surface area (Å²) in [6.07, 6.45) is 3.49. The number of nitrogens with two attached hydrogens (primary N) is 1. The standard InChI is InChI=1S/C20H29N3O5/c1-27-17-5-4-14(13-18(17)28-12-11-24)20(26)22-9-6-15(7-10-22)23-8-2-3-16(23)19(21)25/h4-5,13,15-16,24H,2-3,6-12H2,1H3,(H2,21,25). The summed E-state index contributed by atoms with van der Waals surface area (Å²) in [6, 6.07) is 5.22. The van der Waals surface area contributed by atoms with Crippen LogP contribution in [0.25, 0.3) is 0 Å². The van der Waals surface area contributed by atoms with Gasteiger partial charge in [-0.3, -0.25) is 14.5 Å². The highest BCUT2D eigenvalue weighted by atomic mass is 16.5. The van der Waals surface area contributed by atoms with Gasteiger partial charge in [-0.1, -0.05) is 0 Å². The number of likely N-dealkylation sites (tertiary alicyclic amines) is 2. The molecule has 1 unspecified atom stereocenters. The molecule has 1 aromatic rings. The Bertz CT molecular complexity index is 703. The second kappa shape index (κ2) is 9.25. The third-order valence-electron chi connectivity index (χ3n) is 5.60. The van der Waals surface area contributed by atoms with E-state index >= 15 is 0 Å². The zero-order valence-corrected chi connectivity index (χ0v) is 16.3. The monoisotopic (exact) mass is 391 g/mol. The Morgan fingerprint density at radius 2 is 1.93 bits per heavy atom.